The highest BCUT2D eigenvalue weighted by atomic mass is 16.1. The lowest BCUT2D eigenvalue weighted by Crippen LogP contribution is -2.25. The summed E-state index contributed by atoms with van der Waals surface area (Å²) in [6, 6.07) is 0. The quantitative estimate of drug-likeness (QED) is 0.603. The van der Waals surface area contributed by atoms with Crippen LogP contribution in [0.15, 0.2) is 34.2 Å². The van der Waals surface area contributed by atoms with Crippen LogP contribution in [0.5, 0.6) is 0 Å². The Bertz CT molecular complexity index is 613. The summed E-state index contributed by atoms with van der Waals surface area (Å²) >= 11 is 0. The number of aromatic nitrogens is 2. The first-order chi connectivity index (χ1) is 7.77. The molecule has 2 aliphatic rings. The monoisotopic (exact) mass is 212 g/mol. The lowest BCUT2D eigenvalue weighted by atomic mass is 9.92. The number of aliphatic imine (C=N–C) groups is 2. The van der Waals surface area contributed by atoms with Gasteiger partial charge in [0.05, 0.1) is 11.3 Å². The Balaban J connectivity index is 2.32. The first kappa shape index (κ1) is 8.78. The molecule has 0 N–H and O–H groups in total. The van der Waals surface area contributed by atoms with Gasteiger partial charge in [-0.25, -0.2) is 15.0 Å². The van der Waals surface area contributed by atoms with Crippen molar-refractivity contribution in [2.24, 2.45) is 9.98 Å². The van der Waals surface area contributed by atoms with E-state index in [0.29, 0.717) is 11.3 Å². The molecule has 0 unspecified atom stereocenters. The van der Waals surface area contributed by atoms with Crippen LogP contribution in [-0.4, -0.2) is 33.7 Å². The standard InChI is InChI=1S/C10H4N4O2/c15-7-1-5-8(13-4-14-10(5)16)6-2-11-3-12-9(6)7/h1-4H. The van der Waals surface area contributed by atoms with E-state index < -0.39 is 5.91 Å². The Morgan fingerprint density at radius 2 is 2.06 bits per heavy atom. The summed E-state index contributed by atoms with van der Waals surface area (Å²) in [5.41, 5.74) is 1.36. The number of hydrogen-bond donors (Lipinski definition) is 0. The van der Waals surface area contributed by atoms with Gasteiger partial charge >= 0.3 is 0 Å². The van der Waals surface area contributed by atoms with Gasteiger partial charge in [0.15, 0.2) is 0 Å². The molecule has 1 aromatic heterocycles. The predicted molar refractivity (Wildman–Crippen MR) is 54.5 cm³/mol. The fourth-order valence-electron chi connectivity index (χ4n) is 1.62. The maximum atomic E-state index is 11.7. The van der Waals surface area contributed by atoms with E-state index in [2.05, 4.69) is 20.0 Å². The SMILES string of the molecule is O=C1N=CN=C2C1=CC(=O)c1ncncc12. The van der Waals surface area contributed by atoms with Crippen molar-refractivity contribution in [3.8, 4) is 0 Å². The average molecular weight is 212 g/mol. The van der Waals surface area contributed by atoms with Crippen molar-refractivity contribution in [3.63, 3.8) is 0 Å². The van der Waals surface area contributed by atoms with Crippen molar-refractivity contribution >= 4 is 23.7 Å². The molecule has 0 aromatic carbocycles. The summed E-state index contributed by atoms with van der Waals surface area (Å²) in [6.45, 7) is 0. The lowest BCUT2D eigenvalue weighted by Gasteiger charge is -2.16. The van der Waals surface area contributed by atoms with Crippen LogP contribution in [0.2, 0.25) is 0 Å². The summed E-state index contributed by atoms with van der Waals surface area (Å²) in [7, 11) is 0. The molecule has 0 saturated heterocycles. The fraction of sp³-hybridized carbons (Fsp3) is 0. The Morgan fingerprint density at radius 1 is 1.19 bits per heavy atom. The molecule has 1 aliphatic carbocycles. The number of ketones is 1. The number of rotatable bonds is 0. The molecule has 16 heavy (non-hydrogen) atoms. The first-order valence-electron chi connectivity index (χ1n) is 4.49. The van der Waals surface area contributed by atoms with E-state index in [1.54, 1.807) is 0 Å². The van der Waals surface area contributed by atoms with Gasteiger partial charge in [-0.05, 0) is 0 Å². The van der Waals surface area contributed by atoms with Crippen LogP contribution in [0.3, 0.4) is 0 Å². The van der Waals surface area contributed by atoms with Gasteiger partial charge in [0.2, 0.25) is 5.78 Å². The third kappa shape index (κ3) is 1.07. The van der Waals surface area contributed by atoms with Crippen LogP contribution < -0.4 is 0 Å². The molecule has 3 rings (SSSR count). The molecule has 0 atom stereocenters. The van der Waals surface area contributed by atoms with Crippen molar-refractivity contribution in [1.82, 2.24) is 9.97 Å². The third-order valence-electron chi connectivity index (χ3n) is 2.32. The zero-order valence-corrected chi connectivity index (χ0v) is 7.91. The average Bonchev–Trinajstić information content (AvgIpc) is 2.31. The largest absolute Gasteiger partial charge is 0.287 e. The number of nitrogens with zero attached hydrogens (tertiary/aromatic N) is 4. The minimum atomic E-state index is -0.465. The number of carbonyl (C=O) groups excluding carboxylic acids is 2. The molecule has 0 bridgehead atoms. The van der Waals surface area contributed by atoms with Gasteiger partial charge in [-0.1, -0.05) is 0 Å². The molecule has 1 aromatic rings. The summed E-state index contributed by atoms with van der Waals surface area (Å²) < 4.78 is 0. The lowest BCUT2D eigenvalue weighted by molar-refractivity contribution is -0.113. The molecule has 76 valence electrons. The van der Waals surface area contributed by atoms with Crippen LogP contribution >= 0.6 is 0 Å². The first-order valence-corrected chi connectivity index (χ1v) is 4.49. The second kappa shape index (κ2) is 2.99. The number of fused-ring (bicyclic) bond motifs is 3. The Hall–Kier alpha value is -2.50. The van der Waals surface area contributed by atoms with Crippen LogP contribution in [0.25, 0.3) is 0 Å². The Labute approximate surface area is 89.5 Å². The number of allylic oxidation sites excluding steroid dienone is 1. The van der Waals surface area contributed by atoms with E-state index in [-0.39, 0.29) is 17.1 Å². The minimum absolute atomic E-state index is 0.204. The molecule has 6 heteroatoms. The van der Waals surface area contributed by atoms with Crippen molar-refractivity contribution in [1.29, 1.82) is 0 Å². The number of amides is 1. The minimum Gasteiger partial charge on any atom is -0.287 e. The maximum absolute atomic E-state index is 11.7. The molecular weight excluding hydrogens is 208 g/mol. The molecule has 1 aliphatic heterocycles. The fourth-order valence-corrected chi connectivity index (χ4v) is 1.62. The van der Waals surface area contributed by atoms with Gasteiger partial charge in [-0.15, -0.1) is 0 Å². The van der Waals surface area contributed by atoms with Crippen LogP contribution in [0.4, 0.5) is 0 Å². The highest BCUT2D eigenvalue weighted by molar-refractivity contribution is 6.38. The summed E-state index contributed by atoms with van der Waals surface area (Å²) in [6.07, 6.45) is 5.14. The molecule has 0 spiro atoms. The Morgan fingerprint density at radius 3 is 2.94 bits per heavy atom. The van der Waals surface area contributed by atoms with Crippen LogP contribution in [0.1, 0.15) is 16.1 Å². The van der Waals surface area contributed by atoms with Crippen molar-refractivity contribution in [2.45, 2.75) is 0 Å². The predicted octanol–water partition coefficient (Wildman–Crippen LogP) is -0.0431. The van der Waals surface area contributed by atoms with E-state index in [9.17, 15) is 9.59 Å². The highest BCUT2D eigenvalue weighted by Gasteiger charge is 2.30. The van der Waals surface area contributed by atoms with E-state index in [1.165, 1.54) is 24.9 Å². The summed E-state index contributed by atoms with van der Waals surface area (Å²) in [4.78, 5) is 38.3. The summed E-state index contributed by atoms with van der Waals surface area (Å²) in [5, 5.41) is 0. The van der Waals surface area contributed by atoms with Gasteiger partial charge in [0.25, 0.3) is 5.91 Å². The molecule has 1 amide bonds. The Kier molecular flexibility index (Phi) is 1.64. The van der Waals surface area contributed by atoms with Gasteiger partial charge in [0, 0.05) is 17.8 Å². The molecule has 0 saturated carbocycles. The van der Waals surface area contributed by atoms with E-state index in [0.717, 1.165) is 0 Å². The van der Waals surface area contributed by atoms with Crippen molar-refractivity contribution < 1.29 is 9.59 Å². The second-order valence-corrected chi connectivity index (χ2v) is 3.23. The van der Waals surface area contributed by atoms with Gasteiger partial charge in [-0.3, -0.25) is 9.59 Å². The molecule has 0 fully saturated rings. The van der Waals surface area contributed by atoms with Gasteiger partial charge in [-0.2, -0.15) is 4.99 Å². The van der Waals surface area contributed by atoms with Gasteiger partial charge in [0.1, 0.15) is 18.4 Å². The smallest absolute Gasteiger partial charge is 0.280 e. The van der Waals surface area contributed by atoms with Gasteiger partial charge < -0.3 is 0 Å². The van der Waals surface area contributed by atoms with E-state index in [4.69, 9.17) is 0 Å². The third-order valence-corrected chi connectivity index (χ3v) is 2.32. The number of hydrogen-bond acceptors (Lipinski definition) is 5. The van der Waals surface area contributed by atoms with Crippen molar-refractivity contribution in [2.75, 3.05) is 0 Å². The highest BCUT2D eigenvalue weighted by Crippen LogP contribution is 2.21. The van der Waals surface area contributed by atoms with Crippen molar-refractivity contribution in [3.05, 3.63) is 35.4 Å². The molecule has 2 heterocycles. The summed E-state index contributed by atoms with van der Waals surface area (Å²) in [5.74, 6) is -0.787. The van der Waals surface area contributed by atoms with Crippen LogP contribution in [0, 0.1) is 0 Å². The molecular formula is C10H4N4O2. The van der Waals surface area contributed by atoms with Crippen LogP contribution in [-0.2, 0) is 4.79 Å². The zero-order valence-electron chi connectivity index (χ0n) is 7.91. The molecule has 6 nitrogen and oxygen atoms in total. The normalized spacial score (nSPS) is 17.5. The maximum Gasteiger partial charge on any atom is 0.280 e. The molecule has 0 radical (unpaired) electrons. The number of carbonyl (C=O) groups is 2. The van der Waals surface area contributed by atoms with E-state index in [1.807, 2.05) is 0 Å². The topological polar surface area (TPSA) is 84.6 Å². The second-order valence-electron chi connectivity index (χ2n) is 3.23. The van der Waals surface area contributed by atoms with E-state index >= 15 is 0 Å². The zero-order chi connectivity index (χ0) is 11.1.